The zero-order valence-corrected chi connectivity index (χ0v) is 11.7. The number of aryl methyl sites for hydroxylation is 1. The van der Waals surface area contributed by atoms with Gasteiger partial charge in [0.25, 0.3) is 0 Å². The Morgan fingerprint density at radius 2 is 2.17 bits per heavy atom. The predicted molar refractivity (Wildman–Crippen MR) is 74.9 cm³/mol. The Kier molecular flexibility index (Phi) is 4.04. The lowest BCUT2D eigenvalue weighted by atomic mass is 9.97. The first-order valence-electron chi connectivity index (χ1n) is 6.02. The molecule has 2 rings (SSSR count). The highest BCUT2D eigenvalue weighted by Crippen LogP contribution is 2.26. The Morgan fingerprint density at radius 3 is 2.78 bits per heavy atom. The van der Waals surface area contributed by atoms with Crippen LogP contribution in [0.5, 0.6) is 0 Å². The summed E-state index contributed by atoms with van der Waals surface area (Å²) in [5, 5.41) is 8.57. The molecule has 1 heterocycles. The summed E-state index contributed by atoms with van der Waals surface area (Å²) in [6, 6.07) is 8.32. The van der Waals surface area contributed by atoms with Crippen molar-refractivity contribution in [3.63, 3.8) is 0 Å². The fourth-order valence-corrected chi connectivity index (χ4v) is 2.33. The zero-order valence-electron chi connectivity index (χ0n) is 10.9. The van der Waals surface area contributed by atoms with Crippen LogP contribution in [0.4, 0.5) is 0 Å². The van der Waals surface area contributed by atoms with Gasteiger partial charge in [0.05, 0.1) is 5.69 Å². The van der Waals surface area contributed by atoms with Gasteiger partial charge in [-0.1, -0.05) is 23.7 Å². The van der Waals surface area contributed by atoms with E-state index in [0.29, 0.717) is 0 Å². The molecule has 0 bridgehead atoms. The Morgan fingerprint density at radius 1 is 1.39 bits per heavy atom. The van der Waals surface area contributed by atoms with E-state index in [1.807, 2.05) is 43.2 Å². The summed E-state index contributed by atoms with van der Waals surface area (Å²) >= 11 is 6.17. The fraction of sp³-hybridized carbons (Fsp3) is 0.357. The molecule has 0 aliphatic carbocycles. The van der Waals surface area contributed by atoms with Crippen molar-refractivity contribution in [3.8, 4) is 0 Å². The highest BCUT2D eigenvalue weighted by atomic mass is 35.5. The number of hydrogen-bond acceptors (Lipinski definition) is 2. The summed E-state index contributed by atoms with van der Waals surface area (Å²) < 4.78 is 1.83. The molecule has 0 fully saturated rings. The third-order valence-electron chi connectivity index (χ3n) is 3.22. The Balaban J connectivity index is 2.25. The second-order valence-corrected chi connectivity index (χ2v) is 4.89. The number of nitrogens with one attached hydrogen (secondary N) is 1. The van der Waals surface area contributed by atoms with Crippen LogP contribution < -0.4 is 5.32 Å². The summed E-state index contributed by atoms with van der Waals surface area (Å²) in [6.45, 7) is 2.06. The van der Waals surface area contributed by atoms with Gasteiger partial charge >= 0.3 is 0 Å². The van der Waals surface area contributed by atoms with Gasteiger partial charge in [-0.2, -0.15) is 5.10 Å². The average Bonchev–Trinajstić information content (AvgIpc) is 2.76. The maximum absolute atomic E-state index is 6.17. The third kappa shape index (κ3) is 2.74. The molecule has 0 radical (unpaired) electrons. The summed E-state index contributed by atoms with van der Waals surface area (Å²) in [7, 11) is 3.90. The Bertz CT molecular complexity index is 534. The molecule has 0 amide bonds. The highest BCUT2D eigenvalue weighted by molar-refractivity contribution is 6.31. The van der Waals surface area contributed by atoms with Crippen molar-refractivity contribution in [2.75, 3.05) is 7.05 Å². The standard InChI is InChI=1S/C14H18ClN3/c1-10-12(5-4-6-13(10)15)14(16-2)9-11-7-8-18(3)17-11/h4-8,14,16H,9H2,1-3H3. The molecule has 4 heteroatoms. The van der Waals surface area contributed by atoms with Crippen LogP contribution in [0.15, 0.2) is 30.5 Å². The second-order valence-electron chi connectivity index (χ2n) is 4.48. The van der Waals surface area contributed by atoms with Crippen molar-refractivity contribution in [1.29, 1.82) is 0 Å². The number of nitrogens with zero attached hydrogens (tertiary/aromatic N) is 2. The van der Waals surface area contributed by atoms with E-state index < -0.39 is 0 Å². The number of halogens is 1. The van der Waals surface area contributed by atoms with Gasteiger partial charge in [-0.25, -0.2) is 0 Å². The first-order chi connectivity index (χ1) is 8.61. The molecule has 0 saturated carbocycles. The van der Waals surface area contributed by atoms with Gasteiger partial charge in [-0.05, 0) is 37.2 Å². The van der Waals surface area contributed by atoms with E-state index in [-0.39, 0.29) is 6.04 Å². The molecule has 0 saturated heterocycles. The summed E-state index contributed by atoms with van der Waals surface area (Å²) in [6.07, 6.45) is 2.82. The normalized spacial score (nSPS) is 12.7. The predicted octanol–water partition coefficient (Wildman–Crippen LogP) is 2.89. The first kappa shape index (κ1) is 13.1. The van der Waals surface area contributed by atoms with E-state index in [9.17, 15) is 0 Å². The van der Waals surface area contributed by atoms with Crippen molar-refractivity contribution in [1.82, 2.24) is 15.1 Å². The van der Waals surface area contributed by atoms with E-state index in [4.69, 9.17) is 11.6 Å². The molecular weight excluding hydrogens is 246 g/mol. The van der Waals surface area contributed by atoms with Crippen LogP contribution in [0.1, 0.15) is 22.9 Å². The van der Waals surface area contributed by atoms with E-state index in [0.717, 1.165) is 22.7 Å². The molecule has 0 spiro atoms. The lowest BCUT2D eigenvalue weighted by Crippen LogP contribution is -2.20. The molecule has 18 heavy (non-hydrogen) atoms. The minimum Gasteiger partial charge on any atom is -0.313 e. The number of likely N-dealkylation sites (N-methyl/N-ethyl adjacent to an activating group) is 1. The van der Waals surface area contributed by atoms with Gasteiger partial charge in [0.15, 0.2) is 0 Å². The second kappa shape index (κ2) is 5.55. The van der Waals surface area contributed by atoms with Gasteiger partial charge in [0, 0.05) is 30.7 Å². The molecule has 0 aliphatic rings. The van der Waals surface area contributed by atoms with Gasteiger partial charge in [-0.15, -0.1) is 0 Å². The van der Waals surface area contributed by atoms with Gasteiger partial charge < -0.3 is 5.32 Å². The molecule has 1 atom stereocenters. The first-order valence-corrected chi connectivity index (χ1v) is 6.40. The molecule has 2 aromatic rings. The van der Waals surface area contributed by atoms with Crippen LogP contribution in [0.3, 0.4) is 0 Å². The van der Waals surface area contributed by atoms with Crippen molar-refractivity contribution >= 4 is 11.6 Å². The minimum absolute atomic E-state index is 0.235. The molecule has 3 nitrogen and oxygen atoms in total. The molecule has 96 valence electrons. The van der Waals surface area contributed by atoms with Crippen LogP contribution in [-0.4, -0.2) is 16.8 Å². The number of hydrogen-bond donors (Lipinski definition) is 1. The monoisotopic (exact) mass is 263 g/mol. The van der Waals surface area contributed by atoms with E-state index in [1.54, 1.807) is 0 Å². The maximum atomic E-state index is 6.17. The number of rotatable bonds is 4. The number of benzene rings is 1. The van der Waals surface area contributed by atoms with Crippen molar-refractivity contribution in [2.45, 2.75) is 19.4 Å². The summed E-state index contributed by atoms with van der Waals surface area (Å²) in [4.78, 5) is 0. The van der Waals surface area contributed by atoms with Gasteiger partial charge in [0.2, 0.25) is 0 Å². The quantitative estimate of drug-likeness (QED) is 0.919. The van der Waals surface area contributed by atoms with Crippen molar-refractivity contribution in [2.24, 2.45) is 7.05 Å². The fourth-order valence-electron chi connectivity index (χ4n) is 2.15. The topological polar surface area (TPSA) is 29.9 Å². The van der Waals surface area contributed by atoms with Crippen molar-refractivity contribution < 1.29 is 0 Å². The van der Waals surface area contributed by atoms with E-state index in [2.05, 4.69) is 23.4 Å². The molecule has 1 aromatic carbocycles. The third-order valence-corrected chi connectivity index (χ3v) is 3.63. The van der Waals surface area contributed by atoms with Crippen LogP contribution in [0, 0.1) is 6.92 Å². The molecule has 0 aliphatic heterocycles. The number of aromatic nitrogens is 2. The van der Waals surface area contributed by atoms with E-state index >= 15 is 0 Å². The SMILES string of the molecule is CNC(Cc1ccn(C)n1)c1cccc(Cl)c1C. The lowest BCUT2D eigenvalue weighted by molar-refractivity contribution is 0.574. The summed E-state index contributed by atoms with van der Waals surface area (Å²) in [5.74, 6) is 0. The van der Waals surface area contributed by atoms with E-state index in [1.165, 1.54) is 5.56 Å². The van der Waals surface area contributed by atoms with Gasteiger partial charge in [0.1, 0.15) is 0 Å². The Hall–Kier alpha value is -1.32. The largest absolute Gasteiger partial charge is 0.313 e. The van der Waals surface area contributed by atoms with Gasteiger partial charge in [-0.3, -0.25) is 4.68 Å². The van der Waals surface area contributed by atoms with Crippen LogP contribution in [0.2, 0.25) is 5.02 Å². The molecular formula is C14H18ClN3. The minimum atomic E-state index is 0.235. The van der Waals surface area contributed by atoms with Crippen molar-refractivity contribution in [3.05, 3.63) is 52.3 Å². The van der Waals surface area contributed by atoms with Crippen LogP contribution in [0.25, 0.3) is 0 Å². The smallest absolute Gasteiger partial charge is 0.0643 e. The van der Waals surface area contributed by atoms with Crippen LogP contribution in [-0.2, 0) is 13.5 Å². The van der Waals surface area contributed by atoms with Crippen LogP contribution >= 0.6 is 11.6 Å². The molecule has 1 aromatic heterocycles. The summed E-state index contributed by atoms with van der Waals surface area (Å²) in [5.41, 5.74) is 3.45. The highest BCUT2D eigenvalue weighted by Gasteiger charge is 2.15. The molecule has 1 N–H and O–H groups in total. The maximum Gasteiger partial charge on any atom is 0.0643 e. The molecule has 1 unspecified atom stereocenters. The average molecular weight is 264 g/mol. The zero-order chi connectivity index (χ0) is 13.1. The Labute approximate surface area is 113 Å². The lowest BCUT2D eigenvalue weighted by Gasteiger charge is -2.18.